The maximum absolute atomic E-state index is 11.5. The molecule has 0 bridgehead atoms. The average molecular weight is 266 g/mol. The summed E-state index contributed by atoms with van der Waals surface area (Å²) in [4.78, 5) is 19.6. The predicted molar refractivity (Wildman–Crippen MR) is 74.2 cm³/mol. The van der Waals surface area contributed by atoms with Crippen LogP contribution in [-0.4, -0.2) is 35.6 Å². The molecule has 0 aliphatic carbocycles. The summed E-state index contributed by atoms with van der Waals surface area (Å²) in [7, 11) is 0. The molecule has 19 heavy (non-hydrogen) atoms. The van der Waals surface area contributed by atoms with E-state index in [1.54, 1.807) is 6.07 Å². The Morgan fingerprint density at radius 1 is 1.42 bits per heavy atom. The number of nitrogens with one attached hydrogen (secondary N) is 2. The highest BCUT2D eigenvalue weighted by molar-refractivity contribution is 5.80. The zero-order valence-corrected chi connectivity index (χ0v) is 11.8. The standard InChI is InChI=1S/C13H22N4O2/c1-4-5-19-13-6-11(16-9-17-13)14-8-12(18)15-7-10(2)3/h6,9-10H,4-5,7-8H2,1-3H3,(H,15,18)(H,14,16,17). The number of hydrogen-bond donors (Lipinski definition) is 2. The Bertz CT molecular complexity index is 396. The molecule has 1 heterocycles. The van der Waals surface area contributed by atoms with Crippen molar-refractivity contribution in [3.63, 3.8) is 0 Å². The zero-order valence-electron chi connectivity index (χ0n) is 11.8. The first-order chi connectivity index (χ1) is 9.11. The molecule has 6 nitrogen and oxygen atoms in total. The van der Waals surface area contributed by atoms with Crippen LogP contribution in [0.3, 0.4) is 0 Å². The topological polar surface area (TPSA) is 76.1 Å². The molecule has 2 N–H and O–H groups in total. The van der Waals surface area contributed by atoms with Gasteiger partial charge in [0, 0.05) is 12.6 Å². The summed E-state index contributed by atoms with van der Waals surface area (Å²) >= 11 is 0. The maximum atomic E-state index is 11.5. The molecule has 0 saturated carbocycles. The Labute approximate surface area is 114 Å². The highest BCUT2D eigenvalue weighted by atomic mass is 16.5. The first-order valence-corrected chi connectivity index (χ1v) is 6.57. The molecular formula is C13H22N4O2. The van der Waals surface area contributed by atoms with Gasteiger partial charge in [-0.15, -0.1) is 0 Å². The van der Waals surface area contributed by atoms with Gasteiger partial charge >= 0.3 is 0 Å². The lowest BCUT2D eigenvalue weighted by molar-refractivity contribution is -0.119. The van der Waals surface area contributed by atoms with Crippen LogP contribution in [-0.2, 0) is 4.79 Å². The van der Waals surface area contributed by atoms with Crippen LogP contribution in [0.15, 0.2) is 12.4 Å². The lowest BCUT2D eigenvalue weighted by Crippen LogP contribution is -2.32. The number of ether oxygens (including phenoxy) is 1. The van der Waals surface area contributed by atoms with Crippen molar-refractivity contribution in [3.05, 3.63) is 12.4 Å². The Hall–Kier alpha value is -1.85. The second-order valence-corrected chi connectivity index (χ2v) is 4.64. The molecule has 0 unspecified atom stereocenters. The molecule has 0 aliphatic rings. The van der Waals surface area contributed by atoms with E-state index in [1.165, 1.54) is 6.33 Å². The fourth-order valence-corrected chi connectivity index (χ4v) is 1.27. The van der Waals surface area contributed by atoms with E-state index < -0.39 is 0 Å². The number of rotatable bonds is 8. The number of carbonyl (C=O) groups is 1. The molecule has 0 fully saturated rings. The average Bonchev–Trinajstić information content (AvgIpc) is 2.41. The van der Waals surface area contributed by atoms with Gasteiger partial charge in [-0.25, -0.2) is 9.97 Å². The van der Waals surface area contributed by atoms with Gasteiger partial charge in [0.2, 0.25) is 11.8 Å². The molecule has 0 saturated heterocycles. The van der Waals surface area contributed by atoms with Crippen molar-refractivity contribution in [1.82, 2.24) is 15.3 Å². The molecule has 6 heteroatoms. The number of hydrogen-bond acceptors (Lipinski definition) is 5. The summed E-state index contributed by atoms with van der Waals surface area (Å²) in [6.45, 7) is 7.61. The van der Waals surface area contributed by atoms with Gasteiger partial charge in [-0.3, -0.25) is 4.79 Å². The van der Waals surface area contributed by atoms with E-state index >= 15 is 0 Å². The van der Waals surface area contributed by atoms with Crippen molar-refractivity contribution in [3.8, 4) is 5.88 Å². The van der Waals surface area contributed by atoms with E-state index in [9.17, 15) is 4.79 Å². The fraction of sp³-hybridized carbons (Fsp3) is 0.615. The smallest absolute Gasteiger partial charge is 0.239 e. The van der Waals surface area contributed by atoms with Crippen LogP contribution in [0, 0.1) is 5.92 Å². The minimum absolute atomic E-state index is 0.0525. The van der Waals surface area contributed by atoms with E-state index in [1.807, 2.05) is 6.92 Å². The fourth-order valence-electron chi connectivity index (χ4n) is 1.27. The predicted octanol–water partition coefficient (Wildman–Crippen LogP) is 1.45. The summed E-state index contributed by atoms with van der Waals surface area (Å²) in [5, 5.41) is 5.77. The minimum atomic E-state index is -0.0525. The minimum Gasteiger partial charge on any atom is -0.478 e. The number of anilines is 1. The highest BCUT2D eigenvalue weighted by Gasteiger charge is 2.04. The summed E-state index contributed by atoms with van der Waals surface area (Å²) in [5.41, 5.74) is 0. The number of amides is 1. The normalized spacial score (nSPS) is 10.3. The lowest BCUT2D eigenvalue weighted by atomic mass is 10.2. The van der Waals surface area contributed by atoms with Gasteiger partial charge in [0.15, 0.2) is 0 Å². The van der Waals surface area contributed by atoms with Crippen LogP contribution in [0.25, 0.3) is 0 Å². The number of aromatic nitrogens is 2. The quantitative estimate of drug-likeness (QED) is 0.744. The van der Waals surface area contributed by atoms with Gasteiger partial charge in [0.1, 0.15) is 12.1 Å². The van der Waals surface area contributed by atoms with Gasteiger partial charge in [0.25, 0.3) is 0 Å². The molecule has 0 spiro atoms. The van der Waals surface area contributed by atoms with Crippen molar-refractivity contribution < 1.29 is 9.53 Å². The van der Waals surface area contributed by atoms with E-state index in [2.05, 4.69) is 34.4 Å². The molecule has 1 amide bonds. The van der Waals surface area contributed by atoms with Gasteiger partial charge in [-0.1, -0.05) is 20.8 Å². The first kappa shape index (κ1) is 15.2. The second kappa shape index (κ2) is 8.29. The molecule has 1 aromatic heterocycles. The van der Waals surface area contributed by atoms with Gasteiger partial charge in [0.05, 0.1) is 13.2 Å². The van der Waals surface area contributed by atoms with Crippen LogP contribution in [0.4, 0.5) is 5.82 Å². The Balaban J connectivity index is 2.38. The Morgan fingerprint density at radius 3 is 2.89 bits per heavy atom. The maximum Gasteiger partial charge on any atom is 0.239 e. The summed E-state index contributed by atoms with van der Waals surface area (Å²) in [6.07, 6.45) is 2.34. The molecule has 0 atom stereocenters. The summed E-state index contributed by atoms with van der Waals surface area (Å²) in [6, 6.07) is 1.69. The molecule has 1 rings (SSSR count). The molecular weight excluding hydrogens is 244 g/mol. The third-order valence-corrected chi connectivity index (χ3v) is 2.23. The molecule has 0 aliphatic heterocycles. The summed E-state index contributed by atoms with van der Waals surface area (Å²) in [5.74, 6) is 1.49. The molecule has 0 radical (unpaired) electrons. The van der Waals surface area contributed by atoms with Crippen LogP contribution in [0.2, 0.25) is 0 Å². The van der Waals surface area contributed by atoms with Crippen molar-refractivity contribution in [2.24, 2.45) is 5.92 Å². The SMILES string of the molecule is CCCOc1cc(NCC(=O)NCC(C)C)ncn1. The Kier molecular flexibility index (Phi) is 6.63. The number of nitrogens with zero attached hydrogens (tertiary/aromatic N) is 2. The van der Waals surface area contributed by atoms with Crippen LogP contribution < -0.4 is 15.4 Å². The third kappa shape index (κ3) is 6.59. The van der Waals surface area contributed by atoms with E-state index in [-0.39, 0.29) is 12.5 Å². The largest absolute Gasteiger partial charge is 0.478 e. The van der Waals surface area contributed by atoms with Gasteiger partial charge in [-0.2, -0.15) is 0 Å². The third-order valence-electron chi connectivity index (χ3n) is 2.23. The highest BCUT2D eigenvalue weighted by Crippen LogP contribution is 2.10. The monoisotopic (exact) mass is 266 g/mol. The zero-order chi connectivity index (χ0) is 14.1. The van der Waals surface area contributed by atoms with Crippen LogP contribution in [0.1, 0.15) is 27.2 Å². The first-order valence-electron chi connectivity index (χ1n) is 6.57. The van der Waals surface area contributed by atoms with E-state index in [0.717, 1.165) is 6.42 Å². The molecule has 106 valence electrons. The summed E-state index contributed by atoms with van der Waals surface area (Å²) < 4.78 is 5.39. The van der Waals surface area contributed by atoms with Crippen molar-refractivity contribution in [2.75, 3.05) is 25.0 Å². The van der Waals surface area contributed by atoms with Gasteiger partial charge < -0.3 is 15.4 Å². The lowest BCUT2D eigenvalue weighted by Gasteiger charge is -2.09. The van der Waals surface area contributed by atoms with E-state index in [4.69, 9.17) is 4.74 Å². The Morgan fingerprint density at radius 2 is 2.21 bits per heavy atom. The van der Waals surface area contributed by atoms with Crippen molar-refractivity contribution >= 4 is 11.7 Å². The van der Waals surface area contributed by atoms with Crippen molar-refractivity contribution in [1.29, 1.82) is 0 Å². The van der Waals surface area contributed by atoms with Gasteiger partial charge in [-0.05, 0) is 12.3 Å². The second-order valence-electron chi connectivity index (χ2n) is 4.64. The van der Waals surface area contributed by atoms with E-state index in [0.29, 0.717) is 30.8 Å². The molecule has 1 aromatic rings. The number of carbonyl (C=O) groups excluding carboxylic acids is 1. The van der Waals surface area contributed by atoms with Crippen LogP contribution in [0.5, 0.6) is 5.88 Å². The van der Waals surface area contributed by atoms with Crippen LogP contribution >= 0.6 is 0 Å². The molecule has 0 aromatic carbocycles. The van der Waals surface area contributed by atoms with Crippen molar-refractivity contribution in [2.45, 2.75) is 27.2 Å².